The maximum absolute atomic E-state index is 12.6. The SMILES string of the molecule is Cc1ccc2c(c1)N(CC(=O)N1CCCC1C(=O)O)C(=O)C(C)O2. The molecule has 128 valence electrons. The van der Waals surface area contributed by atoms with Crippen LogP contribution >= 0.6 is 0 Å². The molecule has 2 amide bonds. The number of nitrogens with zero attached hydrogens (tertiary/aromatic N) is 2. The van der Waals surface area contributed by atoms with Crippen LogP contribution in [0.2, 0.25) is 0 Å². The molecule has 0 radical (unpaired) electrons. The van der Waals surface area contributed by atoms with Gasteiger partial charge in [0.25, 0.3) is 5.91 Å². The minimum absolute atomic E-state index is 0.174. The van der Waals surface area contributed by atoms with Crippen LogP contribution in [-0.4, -0.2) is 53.0 Å². The molecule has 0 spiro atoms. The Kier molecular flexibility index (Phi) is 4.17. The number of ether oxygens (including phenoxy) is 1. The lowest BCUT2D eigenvalue weighted by atomic mass is 10.1. The molecular weight excluding hydrogens is 312 g/mol. The fourth-order valence-electron chi connectivity index (χ4n) is 3.23. The Hall–Kier alpha value is -2.57. The van der Waals surface area contributed by atoms with Crippen molar-refractivity contribution in [1.29, 1.82) is 0 Å². The van der Waals surface area contributed by atoms with Crippen LogP contribution in [0.15, 0.2) is 18.2 Å². The number of anilines is 1. The Morgan fingerprint density at radius 1 is 1.38 bits per heavy atom. The zero-order chi connectivity index (χ0) is 17.4. The highest BCUT2D eigenvalue weighted by Gasteiger charge is 2.38. The summed E-state index contributed by atoms with van der Waals surface area (Å²) in [4.78, 5) is 39.1. The van der Waals surface area contributed by atoms with Gasteiger partial charge in [-0.3, -0.25) is 14.5 Å². The fraction of sp³-hybridized carbons (Fsp3) is 0.471. The van der Waals surface area contributed by atoms with Crippen LogP contribution in [0.5, 0.6) is 5.75 Å². The van der Waals surface area contributed by atoms with Gasteiger partial charge in [0.1, 0.15) is 18.3 Å². The summed E-state index contributed by atoms with van der Waals surface area (Å²) < 4.78 is 5.59. The van der Waals surface area contributed by atoms with E-state index in [1.807, 2.05) is 13.0 Å². The summed E-state index contributed by atoms with van der Waals surface area (Å²) in [6.45, 7) is 3.76. The minimum atomic E-state index is -1.00. The second-order valence-electron chi connectivity index (χ2n) is 6.24. The van der Waals surface area contributed by atoms with Gasteiger partial charge in [0.05, 0.1) is 5.69 Å². The molecule has 7 heteroatoms. The van der Waals surface area contributed by atoms with E-state index in [2.05, 4.69) is 0 Å². The monoisotopic (exact) mass is 332 g/mol. The third-order valence-corrected chi connectivity index (χ3v) is 4.47. The van der Waals surface area contributed by atoms with Crippen molar-refractivity contribution in [1.82, 2.24) is 4.90 Å². The van der Waals surface area contributed by atoms with Gasteiger partial charge in [-0.25, -0.2) is 4.79 Å². The molecule has 24 heavy (non-hydrogen) atoms. The molecule has 2 aliphatic heterocycles. The van der Waals surface area contributed by atoms with Crippen LogP contribution in [0.1, 0.15) is 25.3 Å². The van der Waals surface area contributed by atoms with Gasteiger partial charge in [-0.05, 0) is 44.4 Å². The standard InChI is InChI=1S/C17H20N2O5/c1-10-5-6-14-13(8-10)19(16(21)11(2)24-14)9-15(20)18-7-3-4-12(18)17(22)23/h5-6,8,11-12H,3-4,7,9H2,1-2H3,(H,22,23). The van der Waals surface area contributed by atoms with Gasteiger partial charge in [0, 0.05) is 6.54 Å². The number of hydrogen-bond donors (Lipinski definition) is 1. The molecule has 2 atom stereocenters. The molecule has 1 N–H and O–H groups in total. The van der Waals surface area contributed by atoms with Crippen molar-refractivity contribution < 1.29 is 24.2 Å². The molecule has 1 saturated heterocycles. The number of fused-ring (bicyclic) bond motifs is 1. The summed E-state index contributed by atoms with van der Waals surface area (Å²) in [7, 11) is 0. The van der Waals surface area contributed by atoms with Crippen LogP contribution in [0.4, 0.5) is 5.69 Å². The summed E-state index contributed by atoms with van der Waals surface area (Å²) in [5, 5.41) is 9.23. The van der Waals surface area contributed by atoms with E-state index in [1.165, 1.54) is 9.80 Å². The maximum Gasteiger partial charge on any atom is 0.326 e. The second-order valence-corrected chi connectivity index (χ2v) is 6.24. The van der Waals surface area contributed by atoms with E-state index in [0.29, 0.717) is 30.8 Å². The average Bonchev–Trinajstić information content (AvgIpc) is 3.02. The summed E-state index contributed by atoms with van der Waals surface area (Å²) >= 11 is 0. The number of benzene rings is 1. The Labute approximate surface area is 139 Å². The van der Waals surface area contributed by atoms with Crippen LogP contribution in [0.3, 0.4) is 0 Å². The summed E-state index contributed by atoms with van der Waals surface area (Å²) in [6.07, 6.45) is 0.428. The molecule has 1 fully saturated rings. The molecule has 3 rings (SSSR count). The van der Waals surface area contributed by atoms with E-state index in [0.717, 1.165) is 5.56 Å². The van der Waals surface area contributed by atoms with Crippen LogP contribution in [0, 0.1) is 6.92 Å². The fourth-order valence-corrected chi connectivity index (χ4v) is 3.23. The molecule has 2 unspecified atom stereocenters. The van der Waals surface area contributed by atoms with Crippen molar-refractivity contribution in [2.45, 2.75) is 38.8 Å². The molecule has 2 heterocycles. The van der Waals surface area contributed by atoms with Gasteiger partial charge < -0.3 is 14.7 Å². The lowest BCUT2D eigenvalue weighted by Crippen LogP contribution is -2.51. The van der Waals surface area contributed by atoms with E-state index in [1.54, 1.807) is 19.1 Å². The highest BCUT2D eigenvalue weighted by Crippen LogP contribution is 2.35. The molecule has 0 aliphatic carbocycles. The molecule has 0 bridgehead atoms. The Bertz CT molecular complexity index is 702. The first-order valence-electron chi connectivity index (χ1n) is 7.99. The molecule has 2 aliphatic rings. The number of aliphatic carboxylic acids is 1. The van der Waals surface area contributed by atoms with E-state index < -0.39 is 18.1 Å². The lowest BCUT2D eigenvalue weighted by Gasteiger charge is -2.34. The summed E-state index contributed by atoms with van der Waals surface area (Å²) in [6, 6.07) is 4.65. The first-order valence-corrected chi connectivity index (χ1v) is 7.99. The van der Waals surface area contributed by atoms with Gasteiger partial charge in [-0.2, -0.15) is 0 Å². The van der Waals surface area contributed by atoms with Gasteiger partial charge in [-0.1, -0.05) is 6.07 Å². The first-order chi connectivity index (χ1) is 11.4. The number of carboxylic acid groups (broad SMARTS) is 1. The topological polar surface area (TPSA) is 87.2 Å². The maximum atomic E-state index is 12.6. The van der Waals surface area contributed by atoms with E-state index >= 15 is 0 Å². The molecule has 0 saturated carbocycles. The third kappa shape index (κ3) is 2.81. The van der Waals surface area contributed by atoms with Crippen LogP contribution in [-0.2, 0) is 14.4 Å². The average molecular weight is 332 g/mol. The Balaban J connectivity index is 1.86. The molecule has 1 aromatic rings. The molecule has 1 aromatic carbocycles. The van der Waals surface area contributed by atoms with Crippen molar-refractivity contribution in [2.24, 2.45) is 0 Å². The number of likely N-dealkylation sites (tertiary alicyclic amines) is 1. The number of carboxylic acids is 1. The number of rotatable bonds is 3. The first kappa shape index (κ1) is 16.3. The number of aryl methyl sites for hydroxylation is 1. The Morgan fingerprint density at radius 2 is 2.12 bits per heavy atom. The second kappa shape index (κ2) is 6.14. The van der Waals surface area contributed by atoms with E-state index in [-0.39, 0.29) is 18.4 Å². The van der Waals surface area contributed by atoms with Gasteiger partial charge in [0.2, 0.25) is 5.91 Å². The Morgan fingerprint density at radius 3 is 2.83 bits per heavy atom. The summed E-state index contributed by atoms with van der Waals surface area (Å²) in [5.41, 5.74) is 1.50. The highest BCUT2D eigenvalue weighted by atomic mass is 16.5. The van der Waals surface area contributed by atoms with Crippen molar-refractivity contribution in [3.63, 3.8) is 0 Å². The third-order valence-electron chi connectivity index (χ3n) is 4.47. The van der Waals surface area contributed by atoms with Crippen molar-refractivity contribution in [3.05, 3.63) is 23.8 Å². The smallest absolute Gasteiger partial charge is 0.326 e. The quantitative estimate of drug-likeness (QED) is 0.898. The molecular formula is C17H20N2O5. The van der Waals surface area contributed by atoms with Crippen LogP contribution < -0.4 is 9.64 Å². The highest BCUT2D eigenvalue weighted by molar-refractivity contribution is 6.04. The predicted molar refractivity (Wildman–Crippen MR) is 86.0 cm³/mol. The van der Waals surface area contributed by atoms with Crippen molar-refractivity contribution >= 4 is 23.5 Å². The zero-order valence-electron chi connectivity index (χ0n) is 13.7. The number of carbonyl (C=O) groups is 3. The number of amides is 2. The van der Waals surface area contributed by atoms with E-state index in [9.17, 15) is 19.5 Å². The normalized spacial score (nSPS) is 23.0. The zero-order valence-corrected chi connectivity index (χ0v) is 13.7. The van der Waals surface area contributed by atoms with Gasteiger partial charge >= 0.3 is 5.97 Å². The summed E-state index contributed by atoms with van der Waals surface area (Å²) in [5.74, 6) is -1.10. The van der Waals surface area contributed by atoms with E-state index in [4.69, 9.17) is 4.74 Å². The van der Waals surface area contributed by atoms with Gasteiger partial charge in [-0.15, -0.1) is 0 Å². The molecule has 0 aromatic heterocycles. The molecule has 7 nitrogen and oxygen atoms in total. The van der Waals surface area contributed by atoms with Gasteiger partial charge in [0.15, 0.2) is 6.10 Å². The van der Waals surface area contributed by atoms with Crippen molar-refractivity contribution in [3.8, 4) is 5.75 Å². The minimum Gasteiger partial charge on any atom is -0.480 e. The lowest BCUT2D eigenvalue weighted by molar-refractivity contribution is -0.147. The number of hydrogen-bond acceptors (Lipinski definition) is 4. The number of carbonyl (C=O) groups excluding carboxylic acids is 2. The van der Waals surface area contributed by atoms with Crippen LogP contribution in [0.25, 0.3) is 0 Å². The van der Waals surface area contributed by atoms with Crippen molar-refractivity contribution in [2.75, 3.05) is 18.0 Å². The predicted octanol–water partition coefficient (Wildman–Crippen LogP) is 1.18. The largest absolute Gasteiger partial charge is 0.480 e.